The van der Waals surface area contributed by atoms with E-state index in [2.05, 4.69) is 9.97 Å². The van der Waals surface area contributed by atoms with Gasteiger partial charge in [0.15, 0.2) is 0 Å². The Bertz CT molecular complexity index is 396. The van der Waals surface area contributed by atoms with Crippen LogP contribution in [0.25, 0.3) is 0 Å². The third-order valence-electron chi connectivity index (χ3n) is 2.67. The third-order valence-corrected chi connectivity index (χ3v) is 2.67. The maximum Gasteiger partial charge on any atom is 0.310 e. The number of rotatable bonds is 2. The Morgan fingerprint density at radius 1 is 1.69 bits per heavy atom. The molecule has 1 unspecified atom stereocenters. The molecule has 2 heterocycles. The number of nitrogen functional groups attached to an aromatic ring is 1. The van der Waals surface area contributed by atoms with Crippen molar-refractivity contribution in [3.63, 3.8) is 0 Å². The topological polar surface area (TPSA) is 81.3 Å². The van der Waals surface area contributed by atoms with Crippen LogP contribution in [0.4, 0.5) is 11.8 Å². The molecular formula is C10H14N4O2. The largest absolute Gasteiger partial charge is 0.469 e. The van der Waals surface area contributed by atoms with Gasteiger partial charge in [0.05, 0.1) is 13.0 Å². The molecule has 1 aromatic rings. The van der Waals surface area contributed by atoms with Gasteiger partial charge in [-0.05, 0) is 12.5 Å². The van der Waals surface area contributed by atoms with Crippen molar-refractivity contribution >= 4 is 17.7 Å². The van der Waals surface area contributed by atoms with Crippen LogP contribution in [0, 0.1) is 5.92 Å². The number of hydrogen-bond donors (Lipinski definition) is 1. The second-order valence-corrected chi connectivity index (χ2v) is 3.74. The average Bonchev–Trinajstić information content (AvgIpc) is 2.77. The van der Waals surface area contributed by atoms with Gasteiger partial charge in [0.25, 0.3) is 0 Å². The molecule has 86 valence electrons. The molecule has 1 saturated heterocycles. The van der Waals surface area contributed by atoms with E-state index in [1.54, 1.807) is 12.3 Å². The van der Waals surface area contributed by atoms with Crippen LogP contribution in [0.1, 0.15) is 6.42 Å². The molecule has 1 aromatic heterocycles. The molecule has 1 fully saturated rings. The highest BCUT2D eigenvalue weighted by Crippen LogP contribution is 2.21. The molecule has 0 amide bonds. The summed E-state index contributed by atoms with van der Waals surface area (Å²) >= 11 is 0. The van der Waals surface area contributed by atoms with Crippen molar-refractivity contribution in [2.24, 2.45) is 5.92 Å². The first-order chi connectivity index (χ1) is 7.70. The van der Waals surface area contributed by atoms with Crippen LogP contribution in [0.2, 0.25) is 0 Å². The summed E-state index contributed by atoms with van der Waals surface area (Å²) in [6, 6.07) is 1.64. The lowest BCUT2D eigenvalue weighted by Gasteiger charge is -2.15. The highest BCUT2D eigenvalue weighted by molar-refractivity contribution is 5.73. The summed E-state index contributed by atoms with van der Waals surface area (Å²) in [4.78, 5) is 21.5. The number of ether oxygens (including phenoxy) is 1. The predicted octanol–water partition coefficient (Wildman–Crippen LogP) is 0.0581. The van der Waals surface area contributed by atoms with E-state index in [1.807, 2.05) is 4.90 Å². The second kappa shape index (κ2) is 4.34. The van der Waals surface area contributed by atoms with E-state index in [0.717, 1.165) is 13.0 Å². The van der Waals surface area contributed by atoms with E-state index in [4.69, 9.17) is 10.5 Å². The molecule has 0 spiro atoms. The Hall–Kier alpha value is -1.85. The minimum atomic E-state index is -0.175. The van der Waals surface area contributed by atoms with Gasteiger partial charge in [0.1, 0.15) is 5.82 Å². The van der Waals surface area contributed by atoms with Gasteiger partial charge in [0.2, 0.25) is 5.95 Å². The highest BCUT2D eigenvalue weighted by Gasteiger charge is 2.30. The van der Waals surface area contributed by atoms with Crippen LogP contribution in [-0.2, 0) is 9.53 Å². The molecule has 0 aromatic carbocycles. The van der Waals surface area contributed by atoms with E-state index >= 15 is 0 Å². The molecule has 2 N–H and O–H groups in total. The van der Waals surface area contributed by atoms with Gasteiger partial charge in [-0.2, -0.15) is 4.98 Å². The summed E-state index contributed by atoms with van der Waals surface area (Å²) in [6.07, 6.45) is 2.38. The molecule has 6 heteroatoms. The van der Waals surface area contributed by atoms with Crippen LogP contribution in [-0.4, -0.2) is 36.1 Å². The van der Waals surface area contributed by atoms with Crippen molar-refractivity contribution < 1.29 is 9.53 Å². The summed E-state index contributed by atoms with van der Waals surface area (Å²) < 4.78 is 4.71. The monoisotopic (exact) mass is 222 g/mol. The molecule has 16 heavy (non-hydrogen) atoms. The van der Waals surface area contributed by atoms with E-state index in [0.29, 0.717) is 18.3 Å². The van der Waals surface area contributed by atoms with E-state index in [9.17, 15) is 4.79 Å². The lowest BCUT2D eigenvalue weighted by atomic mass is 10.1. The molecule has 0 aliphatic carbocycles. The molecule has 0 bridgehead atoms. The quantitative estimate of drug-likeness (QED) is 0.712. The van der Waals surface area contributed by atoms with Crippen LogP contribution < -0.4 is 10.6 Å². The maximum absolute atomic E-state index is 11.3. The number of carbonyl (C=O) groups is 1. The zero-order valence-corrected chi connectivity index (χ0v) is 9.09. The number of nitrogens with two attached hydrogens (primary N) is 1. The molecule has 2 rings (SSSR count). The Morgan fingerprint density at radius 2 is 2.50 bits per heavy atom. The Balaban J connectivity index is 2.06. The van der Waals surface area contributed by atoms with Gasteiger partial charge in [-0.1, -0.05) is 0 Å². The number of methoxy groups -OCH3 is 1. The van der Waals surface area contributed by atoms with Crippen molar-refractivity contribution in [1.29, 1.82) is 0 Å². The number of carbonyl (C=O) groups excluding carboxylic acids is 1. The predicted molar refractivity (Wildman–Crippen MR) is 58.8 cm³/mol. The summed E-state index contributed by atoms with van der Waals surface area (Å²) in [6.45, 7) is 1.35. The molecule has 0 saturated carbocycles. The lowest BCUT2D eigenvalue weighted by molar-refractivity contribution is -0.144. The summed E-state index contributed by atoms with van der Waals surface area (Å²) in [7, 11) is 1.40. The molecule has 0 radical (unpaired) electrons. The summed E-state index contributed by atoms with van der Waals surface area (Å²) in [5.74, 6) is 0.749. The summed E-state index contributed by atoms with van der Waals surface area (Å²) in [5.41, 5.74) is 5.58. The Morgan fingerprint density at radius 3 is 3.19 bits per heavy atom. The van der Waals surface area contributed by atoms with Crippen molar-refractivity contribution in [2.75, 3.05) is 30.8 Å². The smallest absolute Gasteiger partial charge is 0.310 e. The van der Waals surface area contributed by atoms with Crippen molar-refractivity contribution in [2.45, 2.75) is 6.42 Å². The minimum absolute atomic E-state index is 0.0879. The number of anilines is 2. The van der Waals surface area contributed by atoms with Gasteiger partial charge in [-0.25, -0.2) is 4.98 Å². The van der Waals surface area contributed by atoms with Crippen molar-refractivity contribution in [3.8, 4) is 0 Å². The van der Waals surface area contributed by atoms with Gasteiger partial charge < -0.3 is 15.4 Å². The van der Waals surface area contributed by atoms with Gasteiger partial charge in [-0.3, -0.25) is 4.79 Å². The minimum Gasteiger partial charge on any atom is -0.469 e. The fourth-order valence-corrected chi connectivity index (χ4v) is 1.82. The SMILES string of the molecule is COC(=O)C1CCN(c2nccc(N)n2)C1. The molecular weight excluding hydrogens is 208 g/mol. The second-order valence-electron chi connectivity index (χ2n) is 3.74. The highest BCUT2D eigenvalue weighted by atomic mass is 16.5. The first-order valence-corrected chi connectivity index (χ1v) is 5.12. The number of hydrogen-bond acceptors (Lipinski definition) is 6. The van der Waals surface area contributed by atoms with Crippen molar-refractivity contribution in [1.82, 2.24) is 9.97 Å². The van der Waals surface area contributed by atoms with Crippen LogP contribution in [0.15, 0.2) is 12.3 Å². The van der Waals surface area contributed by atoms with Gasteiger partial charge in [-0.15, -0.1) is 0 Å². The normalized spacial score (nSPS) is 19.8. The van der Waals surface area contributed by atoms with Gasteiger partial charge in [0, 0.05) is 19.3 Å². The zero-order chi connectivity index (χ0) is 11.5. The lowest BCUT2D eigenvalue weighted by Crippen LogP contribution is -2.25. The van der Waals surface area contributed by atoms with E-state index in [-0.39, 0.29) is 11.9 Å². The van der Waals surface area contributed by atoms with Gasteiger partial charge >= 0.3 is 5.97 Å². The van der Waals surface area contributed by atoms with Crippen LogP contribution in [0.5, 0.6) is 0 Å². The molecule has 6 nitrogen and oxygen atoms in total. The fourth-order valence-electron chi connectivity index (χ4n) is 1.82. The first-order valence-electron chi connectivity index (χ1n) is 5.12. The molecule has 1 aliphatic rings. The maximum atomic E-state index is 11.3. The summed E-state index contributed by atoms with van der Waals surface area (Å²) in [5, 5.41) is 0. The van der Waals surface area contributed by atoms with Crippen LogP contribution >= 0.6 is 0 Å². The third kappa shape index (κ3) is 2.05. The zero-order valence-electron chi connectivity index (χ0n) is 9.09. The van der Waals surface area contributed by atoms with Crippen molar-refractivity contribution in [3.05, 3.63) is 12.3 Å². The Labute approximate surface area is 93.4 Å². The number of nitrogens with zero attached hydrogens (tertiary/aromatic N) is 3. The fraction of sp³-hybridized carbons (Fsp3) is 0.500. The average molecular weight is 222 g/mol. The number of esters is 1. The standard InChI is InChI=1S/C10H14N4O2/c1-16-9(15)7-3-5-14(6-7)10-12-4-2-8(11)13-10/h2,4,7H,3,5-6H2,1H3,(H2,11,12,13). The molecule has 1 atom stereocenters. The van der Waals surface area contributed by atoms with E-state index < -0.39 is 0 Å². The first kappa shape index (κ1) is 10.7. The number of aromatic nitrogens is 2. The molecule has 1 aliphatic heterocycles. The Kier molecular flexibility index (Phi) is 2.89. The van der Waals surface area contributed by atoms with Crippen LogP contribution in [0.3, 0.4) is 0 Å². The van der Waals surface area contributed by atoms with E-state index in [1.165, 1.54) is 7.11 Å².